The van der Waals surface area contributed by atoms with E-state index in [-0.39, 0.29) is 22.3 Å². The highest BCUT2D eigenvalue weighted by atomic mass is 79.9. The van der Waals surface area contributed by atoms with Crippen molar-refractivity contribution in [3.63, 3.8) is 0 Å². The van der Waals surface area contributed by atoms with Crippen LogP contribution in [-0.4, -0.2) is 38.0 Å². The summed E-state index contributed by atoms with van der Waals surface area (Å²) in [6, 6.07) is 2.63. The molecule has 5 nitrogen and oxygen atoms in total. The Kier molecular flexibility index (Phi) is 5.06. The summed E-state index contributed by atoms with van der Waals surface area (Å²) in [7, 11) is -3.59. The molecule has 1 unspecified atom stereocenters. The van der Waals surface area contributed by atoms with E-state index in [9.17, 15) is 13.2 Å². The molecule has 0 saturated carbocycles. The largest absolute Gasteiger partial charge is 0.478 e. The first-order chi connectivity index (χ1) is 9.81. The van der Waals surface area contributed by atoms with E-state index in [2.05, 4.69) is 15.9 Å². The van der Waals surface area contributed by atoms with Gasteiger partial charge in [0, 0.05) is 11.1 Å². The highest BCUT2D eigenvalue weighted by Gasteiger charge is 2.26. The number of rotatable bonds is 4. The third-order valence-corrected chi connectivity index (χ3v) is 6.29. The molecule has 1 aliphatic rings. The predicted molar refractivity (Wildman–Crippen MR) is 81.5 cm³/mol. The SMILES string of the molecule is Cc1c(Br)cc(C(=O)O)cc1S(=O)(=O)CC1CCCCO1. The third-order valence-electron chi connectivity index (χ3n) is 3.56. The molecular formula is C14H17BrO5S. The summed E-state index contributed by atoms with van der Waals surface area (Å²) in [6.07, 6.45) is 2.32. The molecule has 1 saturated heterocycles. The molecule has 7 heteroatoms. The maximum atomic E-state index is 12.6. The molecule has 0 amide bonds. The smallest absolute Gasteiger partial charge is 0.335 e. The Hall–Kier alpha value is -0.920. The summed E-state index contributed by atoms with van der Waals surface area (Å²) in [5.74, 6) is -1.26. The van der Waals surface area contributed by atoms with Gasteiger partial charge in [0.2, 0.25) is 0 Å². The zero-order chi connectivity index (χ0) is 15.6. The van der Waals surface area contributed by atoms with Gasteiger partial charge in [-0.3, -0.25) is 0 Å². The van der Waals surface area contributed by atoms with Gasteiger partial charge < -0.3 is 9.84 Å². The molecule has 116 valence electrons. The van der Waals surface area contributed by atoms with E-state index in [1.807, 2.05) is 0 Å². The fraction of sp³-hybridized carbons (Fsp3) is 0.500. The van der Waals surface area contributed by atoms with Crippen molar-refractivity contribution in [1.82, 2.24) is 0 Å². The van der Waals surface area contributed by atoms with Crippen LogP contribution in [0.2, 0.25) is 0 Å². The van der Waals surface area contributed by atoms with E-state index in [0.717, 1.165) is 19.3 Å². The highest BCUT2D eigenvalue weighted by Crippen LogP contribution is 2.28. The second-order valence-corrected chi connectivity index (χ2v) is 8.01. The van der Waals surface area contributed by atoms with Crippen molar-refractivity contribution in [2.75, 3.05) is 12.4 Å². The second kappa shape index (κ2) is 6.46. The highest BCUT2D eigenvalue weighted by molar-refractivity contribution is 9.10. The molecule has 0 radical (unpaired) electrons. The average Bonchev–Trinajstić information content (AvgIpc) is 2.41. The number of ether oxygens (including phenoxy) is 1. The summed E-state index contributed by atoms with van der Waals surface area (Å²) in [5.41, 5.74) is 0.478. The Morgan fingerprint density at radius 2 is 2.14 bits per heavy atom. The molecule has 21 heavy (non-hydrogen) atoms. The number of sulfone groups is 1. The first-order valence-electron chi connectivity index (χ1n) is 6.69. The summed E-state index contributed by atoms with van der Waals surface area (Å²) in [6.45, 7) is 2.24. The van der Waals surface area contributed by atoms with Crippen LogP contribution in [0, 0.1) is 6.92 Å². The van der Waals surface area contributed by atoms with Crippen molar-refractivity contribution in [2.24, 2.45) is 0 Å². The predicted octanol–water partition coefficient (Wildman–Crippen LogP) is 2.80. The van der Waals surface area contributed by atoms with Gasteiger partial charge in [0.1, 0.15) is 0 Å². The fourth-order valence-corrected chi connectivity index (χ4v) is 4.78. The van der Waals surface area contributed by atoms with Gasteiger partial charge in [0.25, 0.3) is 0 Å². The summed E-state index contributed by atoms with van der Waals surface area (Å²) in [4.78, 5) is 11.2. The van der Waals surface area contributed by atoms with E-state index in [1.165, 1.54) is 12.1 Å². The number of benzene rings is 1. The lowest BCUT2D eigenvalue weighted by Crippen LogP contribution is -2.28. The first-order valence-corrected chi connectivity index (χ1v) is 9.13. The molecule has 1 aliphatic heterocycles. The van der Waals surface area contributed by atoms with Crippen LogP contribution in [-0.2, 0) is 14.6 Å². The summed E-state index contributed by atoms with van der Waals surface area (Å²) >= 11 is 3.22. The monoisotopic (exact) mass is 376 g/mol. The minimum Gasteiger partial charge on any atom is -0.478 e. The van der Waals surface area contributed by atoms with Crippen LogP contribution in [0.3, 0.4) is 0 Å². The van der Waals surface area contributed by atoms with Gasteiger partial charge in [-0.1, -0.05) is 15.9 Å². The van der Waals surface area contributed by atoms with Gasteiger partial charge in [0.05, 0.1) is 22.3 Å². The number of carbonyl (C=O) groups is 1. The number of aromatic carboxylic acids is 1. The van der Waals surface area contributed by atoms with Crippen molar-refractivity contribution in [3.05, 3.63) is 27.7 Å². The van der Waals surface area contributed by atoms with Crippen molar-refractivity contribution in [1.29, 1.82) is 0 Å². The lowest BCUT2D eigenvalue weighted by molar-refractivity contribution is 0.0305. The number of carboxylic acid groups (broad SMARTS) is 1. The van der Waals surface area contributed by atoms with Crippen molar-refractivity contribution in [3.8, 4) is 0 Å². The fourth-order valence-electron chi connectivity index (χ4n) is 2.37. The van der Waals surface area contributed by atoms with Crippen LogP contribution in [0.25, 0.3) is 0 Å². The molecule has 1 aromatic rings. The standard InChI is InChI=1S/C14H17BrO5S/c1-9-12(15)6-10(14(16)17)7-13(9)21(18,19)8-11-4-2-3-5-20-11/h6-7,11H,2-5,8H2,1H3,(H,16,17). The van der Waals surface area contributed by atoms with Crippen LogP contribution >= 0.6 is 15.9 Å². The number of halogens is 1. The Bertz CT molecular complexity index is 648. The van der Waals surface area contributed by atoms with Gasteiger partial charge >= 0.3 is 5.97 Å². The van der Waals surface area contributed by atoms with Gasteiger partial charge in [-0.15, -0.1) is 0 Å². The molecule has 0 aromatic heterocycles. The van der Waals surface area contributed by atoms with Gasteiger partial charge in [0.15, 0.2) is 9.84 Å². The molecular weight excluding hydrogens is 360 g/mol. The normalized spacial score (nSPS) is 19.4. The Balaban J connectivity index is 2.36. The third kappa shape index (κ3) is 3.84. The molecule has 1 fully saturated rings. The lowest BCUT2D eigenvalue weighted by Gasteiger charge is -2.23. The molecule has 1 atom stereocenters. The first kappa shape index (κ1) is 16.5. The maximum absolute atomic E-state index is 12.6. The molecule has 2 rings (SSSR count). The van der Waals surface area contributed by atoms with E-state index in [0.29, 0.717) is 16.6 Å². The van der Waals surface area contributed by atoms with E-state index >= 15 is 0 Å². The minimum atomic E-state index is -3.59. The molecule has 0 spiro atoms. The topological polar surface area (TPSA) is 80.7 Å². The lowest BCUT2D eigenvalue weighted by atomic mass is 10.1. The van der Waals surface area contributed by atoms with E-state index in [1.54, 1.807) is 6.92 Å². The molecule has 1 heterocycles. The van der Waals surface area contributed by atoms with Crippen molar-refractivity contribution in [2.45, 2.75) is 37.2 Å². The van der Waals surface area contributed by atoms with Crippen LogP contribution in [0.15, 0.2) is 21.5 Å². The molecule has 1 aromatic carbocycles. The zero-order valence-corrected chi connectivity index (χ0v) is 14.0. The van der Waals surface area contributed by atoms with Crippen LogP contribution in [0.5, 0.6) is 0 Å². The summed E-state index contributed by atoms with van der Waals surface area (Å²) < 4.78 is 31.1. The van der Waals surface area contributed by atoms with Crippen molar-refractivity contribution >= 4 is 31.7 Å². The summed E-state index contributed by atoms with van der Waals surface area (Å²) in [5, 5.41) is 9.07. The second-order valence-electron chi connectivity index (χ2n) is 5.16. The molecule has 0 aliphatic carbocycles. The number of hydrogen-bond donors (Lipinski definition) is 1. The van der Waals surface area contributed by atoms with Crippen LogP contribution < -0.4 is 0 Å². The van der Waals surface area contributed by atoms with Gasteiger partial charge in [-0.05, 0) is 43.9 Å². The van der Waals surface area contributed by atoms with E-state index < -0.39 is 15.8 Å². The van der Waals surface area contributed by atoms with Crippen molar-refractivity contribution < 1.29 is 23.1 Å². The molecule has 1 N–H and O–H groups in total. The van der Waals surface area contributed by atoms with Gasteiger partial charge in [-0.2, -0.15) is 0 Å². The van der Waals surface area contributed by atoms with Crippen LogP contribution in [0.4, 0.5) is 0 Å². The number of carboxylic acids is 1. The number of hydrogen-bond acceptors (Lipinski definition) is 4. The quantitative estimate of drug-likeness (QED) is 0.873. The Morgan fingerprint density at radius 1 is 1.43 bits per heavy atom. The minimum absolute atomic E-state index is 0.0457. The maximum Gasteiger partial charge on any atom is 0.335 e. The van der Waals surface area contributed by atoms with E-state index in [4.69, 9.17) is 9.84 Å². The Morgan fingerprint density at radius 3 is 2.71 bits per heavy atom. The average molecular weight is 377 g/mol. The van der Waals surface area contributed by atoms with Gasteiger partial charge in [-0.25, -0.2) is 13.2 Å². The zero-order valence-electron chi connectivity index (χ0n) is 11.6. The molecule has 0 bridgehead atoms. The Labute approximate surface area is 132 Å². The van der Waals surface area contributed by atoms with Crippen LogP contribution in [0.1, 0.15) is 35.2 Å².